The van der Waals surface area contributed by atoms with Crippen LogP contribution in [0.5, 0.6) is 5.75 Å². The lowest BCUT2D eigenvalue weighted by Gasteiger charge is -2.14. The minimum Gasteiger partial charge on any atom is -0.484 e. The Bertz CT molecular complexity index is 506. The number of halogens is 1. The minimum absolute atomic E-state index is 0.149. The maximum Gasteiger partial charge on any atom is 0.328 e. The summed E-state index contributed by atoms with van der Waals surface area (Å²) in [5, 5.41) is 11.7. The van der Waals surface area contributed by atoms with E-state index in [9.17, 15) is 9.59 Å². The number of carboxylic acids is 1. The summed E-state index contributed by atoms with van der Waals surface area (Å²) in [4.78, 5) is 22.6. The lowest BCUT2D eigenvalue weighted by molar-refractivity contribution is -0.143. The van der Waals surface area contributed by atoms with Gasteiger partial charge in [-0.3, -0.25) is 4.79 Å². The van der Waals surface area contributed by atoms with Crippen molar-refractivity contribution in [2.24, 2.45) is 0 Å². The number of hydrogen-bond donors (Lipinski definition) is 2. The van der Waals surface area contributed by atoms with Gasteiger partial charge in [-0.05, 0) is 18.2 Å². The molecule has 1 atom stereocenters. The van der Waals surface area contributed by atoms with Crippen LogP contribution in [0.1, 0.15) is 0 Å². The van der Waals surface area contributed by atoms with E-state index < -0.39 is 17.9 Å². The van der Waals surface area contributed by atoms with Gasteiger partial charge in [-0.25, -0.2) is 4.79 Å². The molecular formula is C14H16ClNO5. The number of ether oxygens (including phenoxy) is 2. The SMILES string of the molecule is C=CCOCC(NC(=O)COc1cccc(Cl)c1)C(=O)O. The number of nitrogens with one attached hydrogen (secondary N) is 1. The second kappa shape index (κ2) is 8.99. The molecule has 7 heteroatoms. The van der Waals surface area contributed by atoms with Crippen LogP contribution in [0.2, 0.25) is 5.02 Å². The Morgan fingerprint density at radius 3 is 2.86 bits per heavy atom. The zero-order valence-corrected chi connectivity index (χ0v) is 12.0. The van der Waals surface area contributed by atoms with Crippen LogP contribution in [0.15, 0.2) is 36.9 Å². The van der Waals surface area contributed by atoms with Gasteiger partial charge in [-0.15, -0.1) is 6.58 Å². The van der Waals surface area contributed by atoms with Crippen LogP contribution in [0.4, 0.5) is 0 Å². The third-order valence-electron chi connectivity index (χ3n) is 2.32. The molecule has 0 saturated heterocycles. The van der Waals surface area contributed by atoms with Crippen LogP contribution in [0.3, 0.4) is 0 Å². The highest BCUT2D eigenvalue weighted by molar-refractivity contribution is 6.30. The number of carbonyl (C=O) groups is 2. The van der Waals surface area contributed by atoms with Crippen molar-refractivity contribution < 1.29 is 24.2 Å². The molecule has 0 saturated carbocycles. The predicted octanol–water partition coefficient (Wildman–Crippen LogP) is 1.49. The predicted molar refractivity (Wildman–Crippen MR) is 77.5 cm³/mol. The highest BCUT2D eigenvalue weighted by Crippen LogP contribution is 2.16. The van der Waals surface area contributed by atoms with E-state index in [-0.39, 0.29) is 19.8 Å². The molecule has 0 aliphatic rings. The molecule has 1 rings (SSSR count). The average molecular weight is 314 g/mol. The van der Waals surface area contributed by atoms with Crippen molar-refractivity contribution in [3.05, 3.63) is 41.9 Å². The van der Waals surface area contributed by atoms with Gasteiger partial charge in [0.25, 0.3) is 5.91 Å². The van der Waals surface area contributed by atoms with Crippen molar-refractivity contribution in [2.75, 3.05) is 19.8 Å². The maximum atomic E-state index is 11.6. The first kappa shape index (κ1) is 17.0. The Kier molecular flexibility index (Phi) is 7.28. The molecule has 21 heavy (non-hydrogen) atoms. The third kappa shape index (κ3) is 6.78. The summed E-state index contributed by atoms with van der Waals surface area (Å²) in [5.74, 6) is -1.33. The van der Waals surface area contributed by atoms with Gasteiger partial charge in [-0.1, -0.05) is 23.7 Å². The molecular weight excluding hydrogens is 298 g/mol. The van der Waals surface area contributed by atoms with Crippen molar-refractivity contribution in [1.82, 2.24) is 5.32 Å². The molecule has 0 aromatic heterocycles. The first-order valence-electron chi connectivity index (χ1n) is 6.12. The summed E-state index contributed by atoms with van der Waals surface area (Å²) in [7, 11) is 0. The van der Waals surface area contributed by atoms with Gasteiger partial charge in [0.1, 0.15) is 5.75 Å². The monoisotopic (exact) mass is 313 g/mol. The fourth-order valence-corrected chi connectivity index (χ4v) is 1.57. The maximum absolute atomic E-state index is 11.6. The van der Waals surface area contributed by atoms with Gasteiger partial charge in [0.15, 0.2) is 12.6 Å². The zero-order valence-electron chi connectivity index (χ0n) is 11.3. The Labute approximate surface area is 127 Å². The first-order chi connectivity index (χ1) is 10.0. The summed E-state index contributed by atoms with van der Waals surface area (Å²) in [6.45, 7) is 3.19. The number of hydrogen-bond acceptors (Lipinski definition) is 4. The van der Waals surface area contributed by atoms with E-state index in [4.69, 9.17) is 26.2 Å². The van der Waals surface area contributed by atoms with Crippen molar-refractivity contribution in [1.29, 1.82) is 0 Å². The van der Waals surface area contributed by atoms with E-state index in [1.165, 1.54) is 6.08 Å². The topological polar surface area (TPSA) is 84.9 Å². The first-order valence-corrected chi connectivity index (χ1v) is 6.50. The van der Waals surface area contributed by atoms with Crippen molar-refractivity contribution in [3.63, 3.8) is 0 Å². The lowest BCUT2D eigenvalue weighted by Crippen LogP contribution is -2.45. The average Bonchev–Trinajstić information content (AvgIpc) is 2.44. The Balaban J connectivity index is 2.42. The van der Waals surface area contributed by atoms with Crippen LogP contribution in [-0.2, 0) is 14.3 Å². The quantitative estimate of drug-likeness (QED) is 0.533. The van der Waals surface area contributed by atoms with Crippen molar-refractivity contribution in [3.8, 4) is 5.75 Å². The molecule has 6 nitrogen and oxygen atoms in total. The largest absolute Gasteiger partial charge is 0.484 e. The van der Waals surface area contributed by atoms with Crippen LogP contribution >= 0.6 is 11.6 Å². The molecule has 1 aromatic rings. The van der Waals surface area contributed by atoms with E-state index in [2.05, 4.69) is 11.9 Å². The van der Waals surface area contributed by atoms with Gasteiger partial charge in [-0.2, -0.15) is 0 Å². The molecule has 0 radical (unpaired) electrons. The van der Waals surface area contributed by atoms with Crippen molar-refractivity contribution in [2.45, 2.75) is 6.04 Å². The van der Waals surface area contributed by atoms with E-state index in [0.29, 0.717) is 10.8 Å². The summed E-state index contributed by atoms with van der Waals surface area (Å²) >= 11 is 5.77. The zero-order chi connectivity index (χ0) is 15.7. The van der Waals surface area contributed by atoms with E-state index in [1.807, 2.05) is 0 Å². The van der Waals surface area contributed by atoms with Crippen LogP contribution in [0, 0.1) is 0 Å². The fourth-order valence-electron chi connectivity index (χ4n) is 1.39. The number of amides is 1. The highest BCUT2D eigenvalue weighted by Gasteiger charge is 2.20. The number of rotatable bonds is 9. The van der Waals surface area contributed by atoms with E-state index >= 15 is 0 Å². The number of aliphatic carboxylic acids is 1. The number of benzene rings is 1. The second-order valence-corrected chi connectivity index (χ2v) is 4.47. The van der Waals surface area contributed by atoms with Gasteiger partial charge in [0, 0.05) is 5.02 Å². The Morgan fingerprint density at radius 1 is 1.48 bits per heavy atom. The van der Waals surface area contributed by atoms with E-state index in [0.717, 1.165) is 0 Å². The van der Waals surface area contributed by atoms with Gasteiger partial charge in [0.2, 0.25) is 0 Å². The molecule has 0 spiro atoms. The molecule has 1 aromatic carbocycles. The normalized spacial score (nSPS) is 11.5. The fraction of sp³-hybridized carbons (Fsp3) is 0.286. The van der Waals surface area contributed by atoms with Gasteiger partial charge in [0.05, 0.1) is 13.2 Å². The summed E-state index contributed by atoms with van der Waals surface area (Å²) < 4.78 is 10.2. The summed E-state index contributed by atoms with van der Waals surface area (Å²) in [6, 6.07) is 5.41. The number of carbonyl (C=O) groups excluding carboxylic acids is 1. The van der Waals surface area contributed by atoms with E-state index in [1.54, 1.807) is 24.3 Å². The Hall–Kier alpha value is -2.05. The van der Waals surface area contributed by atoms with Crippen LogP contribution in [0.25, 0.3) is 0 Å². The molecule has 0 aliphatic heterocycles. The summed E-state index contributed by atoms with van der Waals surface area (Å²) in [6.07, 6.45) is 1.49. The summed E-state index contributed by atoms with van der Waals surface area (Å²) in [5.41, 5.74) is 0. The molecule has 1 amide bonds. The Morgan fingerprint density at radius 2 is 2.24 bits per heavy atom. The molecule has 0 aliphatic carbocycles. The van der Waals surface area contributed by atoms with Crippen LogP contribution < -0.4 is 10.1 Å². The minimum atomic E-state index is -1.19. The molecule has 1 unspecified atom stereocenters. The standard InChI is InChI=1S/C14H16ClNO5/c1-2-6-20-8-12(14(18)19)16-13(17)9-21-11-5-3-4-10(15)7-11/h2-5,7,12H,1,6,8-9H2,(H,16,17)(H,18,19). The molecule has 2 N–H and O–H groups in total. The van der Waals surface area contributed by atoms with Gasteiger partial charge < -0.3 is 19.9 Å². The van der Waals surface area contributed by atoms with Gasteiger partial charge >= 0.3 is 5.97 Å². The van der Waals surface area contributed by atoms with Crippen LogP contribution in [-0.4, -0.2) is 42.8 Å². The molecule has 114 valence electrons. The second-order valence-electron chi connectivity index (χ2n) is 4.03. The smallest absolute Gasteiger partial charge is 0.328 e. The lowest BCUT2D eigenvalue weighted by atomic mass is 10.3. The highest BCUT2D eigenvalue weighted by atomic mass is 35.5. The molecule has 0 fully saturated rings. The molecule has 0 heterocycles. The molecule has 0 bridgehead atoms. The van der Waals surface area contributed by atoms with Crippen molar-refractivity contribution >= 4 is 23.5 Å². The number of carboxylic acid groups (broad SMARTS) is 1. The third-order valence-corrected chi connectivity index (χ3v) is 2.55.